The normalized spacial score (nSPS) is 12.4. The number of hydrogen-bond acceptors (Lipinski definition) is 4. The molecule has 0 aliphatic rings. The number of rotatable bonds is 3. The second-order valence-corrected chi connectivity index (χ2v) is 6.37. The van der Waals surface area contributed by atoms with E-state index in [4.69, 9.17) is 4.42 Å². The highest BCUT2D eigenvalue weighted by Gasteiger charge is 2.14. The summed E-state index contributed by atoms with van der Waals surface area (Å²) in [6.45, 7) is 0. The lowest BCUT2D eigenvalue weighted by Crippen LogP contribution is -2.08. The fraction of sp³-hybridized carbons (Fsp3) is 0.118. The summed E-state index contributed by atoms with van der Waals surface area (Å²) >= 11 is 0. The standard InChI is InChI=1S/C17H14O4S/c1-22(20)12-8-6-11(7-9-12)10-14-16(18)13-4-2-3-5-15(13)21-17(14)19/h2-9,18H,10H2,1H3. The molecule has 1 N–H and O–H groups in total. The van der Waals surface area contributed by atoms with Gasteiger partial charge in [0.05, 0.1) is 10.9 Å². The van der Waals surface area contributed by atoms with E-state index in [1.807, 2.05) is 0 Å². The van der Waals surface area contributed by atoms with Crippen LogP contribution < -0.4 is 5.63 Å². The average Bonchev–Trinajstić information content (AvgIpc) is 2.52. The molecule has 0 amide bonds. The molecule has 1 heterocycles. The van der Waals surface area contributed by atoms with Crippen LogP contribution in [0.5, 0.6) is 5.75 Å². The van der Waals surface area contributed by atoms with Crippen molar-refractivity contribution in [2.24, 2.45) is 0 Å². The van der Waals surface area contributed by atoms with Crippen LogP contribution in [0.25, 0.3) is 11.0 Å². The lowest BCUT2D eigenvalue weighted by molar-refractivity contribution is 0.458. The van der Waals surface area contributed by atoms with Crippen LogP contribution in [0.4, 0.5) is 0 Å². The molecule has 0 radical (unpaired) electrons. The SMILES string of the molecule is CS(=O)c1ccc(Cc2c(O)c3ccccc3oc2=O)cc1. The Morgan fingerprint density at radius 1 is 1.09 bits per heavy atom. The second kappa shape index (κ2) is 5.77. The smallest absolute Gasteiger partial charge is 0.343 e. The van der Waals surface area contributed by atoms with Crippen molar-refractivity contribution in [2.45, 2.75) is 11.3 Å². The summed E-state index contributed by atoms with van der Waals surface area (Å²) in [7, 11) is -1.04. The van der Waals surface area contributed by atoms with Gasteiger partial charge in [0.25, 0.3) is 0 Å². The summed E-state index contributed by atoms with van der Waals surface area (Å²) in [5.41, 5.74) is 0.890. The Morgan fingerprint density at radius 2 is 1.77 bits per heavy atom. The molecule has 0 spiro atoms. The summed E-state index contributed by atoms with van der Waals surface area (Å²) in [6, 6.07) is 14.0. The number of hydrogen-bond donors (Lipinski definition) is 1. The molecule has 0 bridgehead atoms. The van der Waals surface area contributed by atoms with E-state index in [0.29, 0.717) is 11.0 Å². The minimum Gasteiger partial charge on any atom is -0.507 e. The third-order valence-electron chi connectivity index (χ3n) is 3.51. The van der Waals surface area contributed by atoms with Gasteiger partial charge in [-0.1, -0.05) is 24.3 Å². The van der Waals surface area contributed by atoms with Crippen molar-refractivity contribution in [3.8, 4) is 5.75 Å². The molecule has 112 valence electrons. The molecule has 22 heavy (non-hydrogen) atoms. The molecule has 0 saturated heterocycles. The van der Waals surface area contributed by atoms with Crippen LogP contribution in [0.1, 0.15) is 11.1 Å². The van der Waals surface area contributed by atoms with Crippen LogP contribution in [0, 0.1) is 0 Å². The summed E-state index contributed by atoms with van der Waals surface area (Å²) in [5.74, 6) is -0.0463. The first-order valence-corrected chi connectivity index (χ1v) is 8.28. The molecule has 1 aromatic heterocycles. The van der Waals surface area contributed by atoms with Crippen LogP contribution in [-0.2, 0) is 17.2 Å². The van der Waals surface area contributed by atoms with Gasteiger partial charge in [-0.25, -0.2) is 4.79 Å². The van der Waals surface area contributed by atoms with Crippen molar-refractivity contribution >= 4 is 21.8 Å². The topological polar surface area (TPSA) is 67.5 Å². The Labute approximate surface area is 129 Å². The van der Waals surface area contributed by atoms with Gasteiger partial charge in [-0.15, -0.1) is 0 Å². The maximum Gasteiger partial charge on any atom is 0.343 e. The number of fused-ring (bicyclic) bond motifs is 1. The van der Waals surface area contributed by atoms with Crippen LogP contribution in [0.3, 0.4) is 0 Å². The monoisotopic (exact) mass is 314 g/mol. The fourth-order valence-corrected chi connectivity index (χ4v) is 2.85. The molecule has 1 unspecified atom stereocenters. The highest BCUT2D eigenvalue weighted by atomic mass is 32.2. The summed E-state index contributed by atoms with van der Waals surface area (Å²) in [5, 5.41) is 10.8. The van der Waals surface area contributed by atoms with Gasteiger partial charge in [0.15, 0.2) is 0 Å². The Hall–Kier alpha value is -2.40. The number of para-hydroxylation sites is 1. The third-order valence-corrected chi connectivity index (χ3v) is 4.45. The van der Waals surface area contributed by atoms with E-state index >= 15 is 0 Å². The number of aromatic hydroxyl groups is 1. The van der Waals surface area contributed by atoms with E-state index in [1.165, 1.54) is 0 Å². The van der Waals surface area contributed by atoms with E-state index in [9.17, 15) is 14.1 Å². The lowest BCUT2D eigenvalue weighted by atomic mass is 10.0. The molecule has 0 aliphatic heterocycles. The fourth-order valence-electron chi connectivity index (χ4n) is 2.33. The second-order valence-electron chi connectivity index (χ2n) is 4.99. The van der Waals surface area contributed by atoms with Gasteiger partial charge < -0.3 is 9.52 Å². The van der Waals surface area contributed by atoms with Gasteiger partial charge in [0, 0.05) is 28.4 Å². The maximum absolute atomic E-state index is 12.1. The van der Waals surface area contributed by atoms with Crippen molar-refractivity contribution in [3.05, 3.63) is 70.1 Å². The first kappa shape index (κ1) is 14.5. The largest absolute Gasteiger partial charge is 0.507 e. The van der Waals surface area contributed by atoms with E-state index in [1.54, 1.807) is 54.8 Å². The predicted octanol–water partition coefficient (Wildman–Crippen LogP) is 2.83. The van der Waals surface area contributed by atoms with Crippen molar-refractivity contribution < 1.29 is 13.7 Å². The number of benzene rings is 2. The molecule has 3 aromatic rings. The van der Waals surface area contributed by atoms with E-state index in [0.717, 1.165) is 10.5 Å². The van der Waals surface area contributed by atoms with Crippen molar-refractivity contribution in [1.82, 2.24) is 0 Å². The van der Waals surface area contributed by atoms with Crippen LogP contribution in [-0.4, -0.2) is 15.6 Å². The van der Waals surface area contributed by atoms with Crippen LogP contribution in [0.15, 0.2) is 62.6 Å². The highest BCUT2D eigenvalue weighted by molar-refractivity contribution is 7.84. The van der Waals surface area contributed by atoms with Crippen LogP contribution in [0.2, 0.25) is 0 Å². The Kier molecular flexibility index (Phi) is 3.81. The quantitative estimate of drug-likeness (QED) is 0.755. The van der Waals surface area contributed by atoms with Gasteiger partial charge in [-0.2, -0.15) is 0 Å². The zero-order valence-electron chi connectivity index (χ0n) is 11.9. The first-order chi connectivity index (χ1) is 10.6. The minimum absolute atomic E-state index is 0.0463. The third kappa shape index (κ3) is 2.67. The molecule has 1 atom stereocenters. The van der Waals surface area contributed by atoms with Gasteiger partial charge >= 0.3 is 5.63 Å². The molecule has 3 rings (SSSR count). The molecule has 0 aliphatic carbocycles. The summed E-state index contributed by atoms with van der Waals surface area (Å²) < 4.78 is 16.6. The van der Waals surface area contributed by atoms with Gasteiger partial charge in [-0.3, -0.25) is 4.21 Å². The molecule has 4 nitrogen and oxygen atoms in total. The van der Waals surface area contributed by atoms with Crippen molar-refractivity contribution in [1.29, 1.82) is 0 Å². The molecular weight excluding hydrogens is 300 g/mol. The zero-order chi connectivity index (χ0) is 15.7. The lowest BCUT2D eigenvalue weighted by Gasteiger charge is -2.07. The van der Waals surface area contributed by atoms with Gasteiger partial charge in [0.1, 0.15) is 11.3 Å². The Bertz CT molecular complexity index is 910. The van der Waals surface area contributed by atoms with Crippen molar-refractivity contribution in [2.75, 3.05) is 6.26 Å². The highest BCUT2D eigenvalue weighted by Crippen LogP contribution is 2.27. The zero-order valence-corrected chi connectivity index (χ0v) is 12.7. The molecule has 5 heteroatoms. The molecule has 2 aromatic carbocycles. The minimum atomic E-state index is -1.04. The van der Waals surface area contributed by atoms with E-state index < -0.39 is 16.4 Å². The molecular formula is C17H14O4S. The predicted molar refractivity (Wildman–Crippen MR) is 85.7 cm³/mol. The average molecular weight is 314 g/mol. The molecule has 0 fully saturated rings. The van der Waals surface area contributed by atoms with Gasteiger partial charge in [-0.05, 0) is 29.8 Å². The van der Waals surface area contributed by atoms with E-state index in [2.05, 4.69) is 0 Å². The first-order valence-electron chi connectivity index (χ1n) is 6.72. The summed E-state index contributed by atoms with van der Waals surface area (Å²) in [6.07, 6.45) is 1.87. The molecule has 0 saturated carbocycles. The Morgan fingerprint density at radius 3 is 2.45 bits per heavy atom. The van der Waals surface area contributed by atoms with Crippen LogP contribution >= 0.6 is 0 Å². The summed E-state index contributed by atoms with van der Waals surface area (Å²) in [4.78, 5) is 12.8. The Balaban J connectivity index is 2.03. The maximum atomic E-state index is 12.1. The van der Waals surface area contributed by atoms with Crippen molar-refractivity contribution in [3.63, 3.8) is 0 Å². The van der Waals surface area contributed by atoms with E-state index in [-0.39, 0.29) is 17.7 Å². The van der Waals surface area contributed by atoms with Gasteiger partial charge in [0.2, 0.25) is 0 Å².